The molecule has 0 aliphatic heterocycles. The second kappa shape index (κ2) is 22.8. The highest BCUT2D eigenvalue weighted by molar-refractivity contribution is 6.14. The van der Waals surface area contributed by atoms with Crippen molar-refractivity contribution in [2.24, 2.45) is 0 Å². The van der Waals surface area contributed by atoms with Gasteiger partial charge in [0.05, 0.1) is 95.1 Å². The maximum Gasteiger partial charge on any atom is 0.416 e. The van der Waals surface area contributed by atoms with Crippen LogP contribution in [0.1, 0.15) is 61.7 Å². The number of alkyl halides is 24. The average Bonchev–Trinajstić information content (AvgIpc) is 1.55. The first kappa shape index (κ1) is 67.4. The van der Waals surface area contributed by atoms with Gasteiger partial charge in [0.15, 0.2) is 5.82 Å². The fraction of sp³-hybridized carbons (Fsp3) is 0.147. The normalized spacial score (nSPS) is 13.2. The first-order valence-electron chi connectivity index (χ1n) is 28.0. The van der Waals surface area contributed by atoms with Crippen LogP contribution in [0, 0.1) is 25.2 Å². The lowest BCUT2D eigenvalue weighted by Crippen LogP contribution is -2.11. The van der Waals surface area contributed by atoms with Crippen molar-refractivity contribution in [3.8, 4) is 73.3 Å². The molecule has 6 nitrogen and oxygen atoms in total. The van der Waals surface area contributed by atoms with Crippen molar-refractivity contribution in [1.82, 2.24) is 24.1 Å². The Kier molecular flexibility index (Phi) is 15.6. The first-order valence-corrected chi connectivity index (χ1v) is 28.0. The van der Waals surface area contributed by atoms with Crippen LogP contribution in [0.3, 0.4) is 0 Å². The molecule has 0 N–H and O–H groups in total. The number of halogens is 24. The van der Waals surface area contributed by atoms with Gasteiger partial charge in [0.2, 0.25) is 0 Å². The predicted octanol–water partition coefficient (Wildman–Crippen LogP) is 23.0. The Morgan fingerprint density at radius 2 is 0.490 bits per heavy atom. The van der Waals surface area contributed by atoms with E-state index in [0.717, 1.165) is 72.8 Å². The maximum atomic E-state index is 14.4. The molecule has 0 aliphatic carbocycles. The molecule has 0 saturated carbocycles. The summed E-state index contributed by atoms with van der Waals surface area (Å²) in [6.45, 7) is 2.78. The Hall–Kier alpha value is -10.6. The Morgan fingerprint density at radius 1 is 0.276 bits per heavy atom. The lowest BCUT2D eigenvalue weighted by molar-refractivity contribution is -0.144. The van der Waals surface area contributed by atoms with Crippen LogP contribution >= 0.6 is 0 Å². The summed E-state index contributed by atoms with van der Waals surface area (Å²) in [4.78, 5) is 13.4. The minimum Gasteiger partial charge on any atom is -0.308 e. The zero-order valence-corrected chi connectivity index (χ0v) is 48.8. The standard InChI is InChI=1S/C68H32F24N6/c1-30-94-31(2)96-60(95-30)59-57(97-53-7-3-33(37-13-41(61(69,70)71)25-42(14-37)62(72,73)74)21-49(53)50-22-34(4-8-54(50)97)38-15-43(63(75,76)77)26-44(16-38)64(78,79)80)11-32(29-93)12-58(59)98-55-9-5-35(39-17-45(65(81,82)83)27-46(18-39)66(84,85)86)23-51(55)52-24-36(6-10-56(52)98)40-19-47(67(87,88)89)28-48(20-40)68(90,91)92/h3-28H,1-2H3. The van der Waals surface area contributed by atoms with Crippen molar-refractivity contribution < 1.29 is 105 Å². The van der Waals surface area contributed by atoms with Crippen LogP contribution in [0.15, 0.2) is 158 Å². The molecule has 0 amide bonds. The molecular formula is C68H32F24N6. The van der Waals surface area contributed by atoms with Crippen molar-refractivity contribution in [3.05, 3.63) is 219 Å². The highest BCUT2D eigenvalue weighted by Crippen LogP contribution is 2.49. The molecule has 0 bridgehead atoms. The molecule has 3 heterocycles. The SMILES string of the molecule is Cc1nc(C)nc(-c2c(-n3c4ccc(-c5cc(C(F)(F)F)cc(C(F)(F)F)c5)cc4c4cc(-c5cc(C(F)(F)F)cc(C(F)(F)F)c5)ccc43)cc(C#N)cc2-n2c3ccc(-c4cc(C(F)(F)F)cc(C(F)(F)F)c4)cc3c3cc(-c4cc(C(F)(F)F)cc(C(F)(F)F)c4)ccc32)n1. The van der Waals surface area contributed by atoms with Gasteiger partial charge in [-0.05, 0) is 192 Å². The second-order valence-corrected chi connectivity index (χ2v) is 22.5. The van der Waals surface area contributed by atoms with Crippen LogP contribution in [0.25, 0.3) is 111 Å². The number of aryl methyl sites for hydroxylation is 2. The van der Waals surface area contributed by atoms with E-state index in [-0.39, 0.29) is 130 Å². The zero-order valence-electron chi connectivity index (χ0n) is 48.8. The van der Waals surface area contributed by atoms with Crippen molar-refractivity contribution >= 4 is 43.6 Å². The molecule has 502 valence electrons. The van der Waals surface area contributed by atoms with Crippen LogP contribution in [0.5, 0.6) is 0 Å². The Bertz CT molecular complexity index is 4610. The van der Waals surface area contributed by atoms with Crippen molar-refractivity contribution in [3.63, 3.8) is 0 Å². The minimum atomic E-state index is -5.38. The van der Waals surface area contributed by atoms with Gasteiger partial charge < -0.3 is 9.13 Å². The van der Waals surface area contributed by atoms with Crippen molar-refractivity contribution in [2.45, 2.75) is 63.3 Å². The van der Waals surface area contributed by atoms with Gasteiger partial charge in [-0.3, -0.25) is 0 Å². The molecule has 0 fully saturated rings. The molecule has 9 aromatic carbocycles. The van der Waals surface area contributed by atoms with Crippen molar-refractivity contribution in [2.75, 3.05) is 0 Å². The Morgan fingerprint density at radius 3 is 0.684 bits per heavy atom. The molecule has 0 saturated heterocycles. The van der Waals surface area contributed by atoms with E-state index in [1.807, 2.05) is 6.07 Å². The summed E-state index contributed by atoms with van der Waals surface area (Å²) in [5.74, 6) is -0.381. The Labute approximate surface area is 532 Å². The zero-order chi connectivity index (χ0) is 71.3. The van der Waals surface area contributed by atoms with Crippen LogP contribution in [0.2, 0.25) is 0 Å². The van der Waals surface area contributed by atoms with E-state index in [9.17, 15) is 111 Å². The summed E-state index contributed by atoms with van der Waals surface area (Å²) >= 11 is 0. The summed E-state index contributed by atoms with van der Waals surface area (Å²) in [5.41, 5.74) is -19.9. The van der Waals surface area contributed by atoms with Crippen LogP contribution < -0.4 is 0 Å². The summed E-state index contributed by atoms with van der Waals surface area (Å²) in [6, 6.07) is 20.0. The number of nitrogens with zero attached hydrogens (tertiary/aromatic N) is 6. The third-order valence-electron chi connectivity index (χ3n) is 16.0. The molecule has 3 aromatic heterocycles. The maximum absolute atomic E-state index is 14.4. The average molecular weight is 1390 g/mol. The molecule has 98 heavy (non-hydrogen) atoms. The molecule has 12 rings (SSSR count). The molecule has 0 aliphatic rings. The smallest absolute Gasteiger partial charge is 0.308 e. The molecule has 0 atom stereocenters. The summed E-state index contributed by atoms with van der Waals surface area (Å²) < 4.78 is 348. The van der Waals surface area contributed by atoms with Gasteiger partial charge in [0.1, 0.15) is 11.6 Å². The lowest BCUT2D eigenvalue weighted by atomic mass is 9.96. The number of aromatic nitrogens is 5. The first-order chi connectivity index (χ1) is 45.3. The van der Waals surface area contributed by atoms with Crippen LogP contribution in [-0.4, -0.2) is 24.1 Å². The molecule has 0 spiro atoms. The van der Waals surface area contributed by atoms with Gasteiger partial charge in [0, 0.05) is 21.5 Å². The number of rotatable bonds is 7. The van der Waals surface area contributed by atoms with Gasteiger partial charge in [-0.25, -0.2) is 15.0 Å². The minimum absolute atomic E-state index is 0.0287. The second-order valence-electron chi connectivity index (χ2n) is 22.5. The molecule has 0 unspecified atom stereocenters. The predicted molar refractivity (Wildman–Crippen MR) is 310 cm³/mol. The van der Waals surface area contributed by atoms with Gasteiger partial charge in [0.25, 0.3) is 0 Å². The third-order valence-corrected chi connectivity index (χ3v) is 16.0. The van der Waals surface area contributed by atoms with Gasteiger partial charge >= 0.3 is 49.4 Å². The van der Waals surface area contributed by atoms with E-state index in [1.165, 1.54) is 35.1 Å². The quantitative estimate of drug-likeness (QED) is 0.149. The van der Waals surface area contributed by atoms with E-state index in [4.69, 9.17) is 0 Å². The third kappa shape index (κ3) is 12.6. The fourth-order valence-corrected chi connectivity index (χ4v) is 11.8. The van der Waals surface area contributed by atoms with Crippen LogP contribution in [-0.2, 0) is 49.4 Å². The summed E-state index contributed by atoms with van der Waals surface area (Å²) in [6.07, 6.45) is -43.1. The monoisotopic (exact) mass is 1390 g/mol. The number of hydrogen-bond donors (Lipinski definition) is 0. The topological polar surface area (TPSA) is 72.3 Å². The van der Waals surface area contributed by atoms with Crippen molar-refractivity contribution in [1.29, 1.82) is 5.26 Å². The van der Waals surface area contributed by atoms with E-state index < -0.39 is 116 Å². The van der Waals surface area contributed by atoms with E-state index >= 15 is 0 Å². The fourth-order valence-electron chi connectivity index (χ4n) is 11.8. The van der Waals surface area contributed by atoms with E-state index in [2.05, 4.69) is 15.0 Å². The van der Waals surface area contributed by atoms with E-state index in [0.29, 0.717) is 48.5 Å². The van der Waals surface area contributed by atoms with Gasteiger partial charge in [-0.1, -0.05) is 24.3 Å². The molecule has 12 aromatic rings. The number of nitriles is 1. The number of hydrogen-bond acceptors (Lipinski definition) is 4. The highest BCUT2D eigenvalue weighted by Gasteiger charge is 2.42. The van der Waals surface area contributed by atoms with Crippen LogP contribution in [0.4, 0.5) is 105 Å². The number of fused-ring (bicyclic) bond motifs is 6. The van der Waals surface area contributed by atoms with E-state index in [1.54, 1.807) is 0 Å². The largest absolute Gasteiger partial charge is 0.416 e. The van der Waals surface area contributed by atoms with Gasteiger partial charge in [-0.15, -0.1) is 0 Å². The lowest BCUT2D eigenvalue weighted by Gasteiger charge is -2.20. The summed E-state index contributed by atoms with van der Waals surface area (Å²) in [7, 11) is 0. The molecule has 0 radical (unpaired) electrons. The summed E-state index contributed by atoms with van der Waals surface area (Å²) in [5, 5.41) is 10.3. The highest BCUT2D eigenvalue weighted by atomic mass is 19.4. The number of benzene rings is 9. The Balaban J connectivity index is 1.22. The molecular weight excluding hydrogens is 1360 g/mol. The van der Waals surface area contributed by atoms with Gasteiger partial charge in [-0.2, -0.15) is 111 Å². The molecule has 30 heteroatoms.